The summed E-state index contributed by atoms with van der Waals surface area (Å²) in [5.74, 6) is 0.231. The molecule has 2 rings (SSSR count). The van der Waals surface area contributed by atoms with Crippen LogP contribution in [0, 0.1) is 0 Å². The first kappa shape index (κ1) is 18.7. The van der Waals surface area contributed by atoms with Gasteiger partial charge in [0.05, 0.1) is 12.3 Å². The molecule has 0 radical (unpaired) electrons. The summed E-state index contributed by atoms with van der Waals surface area (Å²) in [6, 6.07) is 10.9. The number of benzene rings is 1. The second kappa shape index (κ2) is 9.58. The number of hydrogen-bond donors (Lipinski definition) is 2. The number of thiophene rings is 1. The van der Waals surface area contributed by atoms with Crippen molar-refractivity contribution < 1.29 is 14.3 Å². The average molecular weight is 359 g/mol. The van der Waals surface area contributed by atoms with Gasteiger partial charge < -0.3 is 10.1 Å². The quantitative estimate of drug-likeness (QED) is 0.560. The molecule has 0 aliphatic rings. The van der Waals surface area contributed by atoms with Crippen LogP contribution in [0.15, 0.2) is 46.9 Å². The van der Waals surface area contributed by atoms with Crippen LogP contribution in [0.25, 0.3) is 0 Å². The summed E-state index contributed by atoms with van der Waals surface area (Å²) in [5, 5.41) is 8.73. The summed E-state index contributed by atoms with van der Waals surface area (Å²) in [6.07, 6.45) is 0.163. The molecular weight excluding hydrogens is 338 g/mol. The maximum absolute atomic E-state index is 11.9. The lowest BCUT2D eigenvalue weighted by Gasteiger charge is -2.07. The number of anilines is 1. The highest BCUT2D eigenvalue weighted by atomic mass is 32.1. The zero-order valence-corrected chi connectivity index (χ0v) is 15.1. The van der Waals surface area contributed by atoms with Gasteiger partial charge in [0.1, 0.15) is 5.75 Å². The highest BCUT2D eigenvalue weighted by Gasteiger charge is 2.07. The van der Waals surface area contributed by atoms with Crippen molar-refractivity contribution >= 4 is 34.6 Å². The van der Waals surface area contributed by atoms with E-state index < -0.39 is 0 Å². The lowest BCUT2D eigenvalue weighted by molar-refractivity contribution is -0.124. The van der Waals surface area contributed by atoms with Crippen LogP contribution >= 0.6 is 11.3 Å². The van der Waals surface area contributed by atoms with Crippen molar-refractivity contribution in [1.82, 2.24) is 5.43 Å². The Labute approximate surface area is 150 Å². The molecule has 0 bridgehead atoms. The topological polar surface area (TPSA) is 79.8 Å². The van der Waals surface area contributed by atoms with Crippen molar-refractivity contribution in [3.05, 3.63) is 46.7 Å². The Bertz CT molecular complexity index is 725. The molecule has 2 N–H and O–H groups in total. The molecule has 132 valence electrons. The number of rotatable bonds is 8. The van der Waals surface area contributed by atoms with E-state index >= 15 is 0 Å². The predicted octanol–water partition coefficient (Wildman–Crippen LogP) is 3.41. The van der Waals surface area contributed by atoms with E-state index in [0.29, 0.717) is 12.3 Å². The molecule has 0 aliphatic carbocycles. The zero-order valence-electron chi connectivity index (χ0n) is 14.2. The van der Waals surface area contributed by atoms with Crippen LogP contribution in [-0.2, 0) is 9.59 Å². The summed E-state index contributed by atoms with van der Waals surface area (Å²) < 4.78 is 5.34. The Kier molecular flexibility index (Phi) is 7.16. The third-order valence-electron chi connectivity index (χ3n) is 3.25. The molecule has 7 heteroatoms. The number of carbonyl (C=O) groups excluding carboxylic acids is 2. The average Bonchev–Trinajstić information content (AvgIpc) is 3.14. The first-order valence-corrected chi connectivity index (χ1v) is 8.86. The van der Waals surface area contributed by atoms with E-state index in [1.807, 2.05) is 31.4 Å². The van der Waals surface area contributed by atoms with E-state index in [-0.39, 0.29) is 24.7 Å². The van der Waals surface area contributed by atoms with Crippen molar-refractivity contribution in [2.75, 3.05) is 11.9 Å². The number of nitrogens with zero attached hydrogens (tertiary/aromatic N) is 1. The summed E-state index contributed by atoms with van der Waals surface area (Å²) in [4.78, 5) is 24.7. The van der Waals surface area contributed by atoms with Gasteiger partial charge in [0.15, 0.2) is 0 Å². The van der Waals surface area contributed by atoms with Gasteiger partial charge in [0.25, 0.3) is 0 Å². The number of hydrogen-bond acceptors (Lipinski definition) is 5. The van der Waals surface area contributed by atoms with Gasteiger partial charge in [-0.2, -0.15) is 5.10 Å². The molecule has 1 aromatic carbocycles. The minimum Gasteiger partial charge on any atom is -0.494 e. The Morgan fingerprint density at radius 2 is 1.84 bits per heavy atom. The molecule has 1 heterocycles. The lowest BCUT2D eigenvalue weighted by atomic mass is 10.2. The molecule has 0 unspecified atom stereocenters. The molecule has 2 amide bonds. The van der Waals surface area contributed by atoms with E-state index in [1.165, 1.54) is 0 Å². The first-order valence-electron chi connectivity index (χ1n) is 7.98. The van der Waals surface area contributed by atoms with Crippen molar-refractivity contribution in [3.63, 3.8) is 0 Å². The third-order valence-corrected chi connectivity index (χ3v) is 4.23. The molecular formula is C18H21N3O3S. The highest BCUT2D eigenvalue weighted by Crippen LogP contribution is 2.16. The second-order valence-electron chi connectivity index (χ2n) is 5.22. The van der Waals surface area contributed by atoms with Crippen LogP contribution in [-0.4, -0.2) is 24.1 Å². The van der Waals surface area contributed by atoms with Gasteiger partial charge in [-0.3, -0.25) is 9.59 Å². The number of ether oxygens (including phenoxy) is 1. The van der Waals surface area contributed by atoms with Gasteiger partial charge in [-0.05, 0) is 49.6 Å². The summed E-state index contributed by atoms with van der Waals surface area (Å²) in [6.45, 7) is 4.33. The Morgan fingerprint density at radius 3 is 2.48 bits per heavy atom. The van der Waals surface area contributed by atoms with E-state index in [0.717, 1.165) is 16.3 Å². The summed E-state index contributed by atoms with van der Waals surface area (Å²) >= 11 is 1.55. The molecule has 0 spiro atoms. The lowest BCUT2D eigenvalue weighted by Crippen LogP contribution is -2.21. The van der Waals surface area contributed by atoms with Crippen LogP contribution in [0.5, 0.6) is 5.75 Å². The second-order valence-corrected chi connectivity index (χ2v) is 6.16. The van der Waals surface area contributed by atoms with E-state index in [4.69, 9.17) is 4.74 Å². The zero-order chi connectivity index (χ0) is 18.1. The molecule has 6 nitrogen and oxygen atoms in total. The SMILES string of the molecule is CCOc1ccc(NC(=O)CCC(=O)N/N=C(\C)c2cccs2)cc1. The fourth-order valence-electron chi connectivity index (χ4n) is 1.99. The van der Waals surface area contributed by atoms with E-state index in [2.05, 4.69) is 15.8 Å². The highest BCUT2D eigenvalue weighted by molar-refractivity contribution is 7.12. The van der Waals surface area contributed by atoms with Crippen molar-refractivity contribution in [2.45, 2.75) is 26.7 Å². The van der Waals surface area contributed by atoms with E-state index in [1.54, 1.807) is 35.6 Å². The van der Waals surface area contributed by atoms with Crippen molar-refractivity contribution in [1.29, 1.82) is 0 Å². The van der Waals surface area contributed by atoms with Crippen LogP contribution < -0.4 is 15.5 Å². The molecule has 25 heavy (non-hydrogen) atoms. The number of nitrogens with one attached hydrogen (secondary N) is 2. The van der Waals surface area contributed by atoms with Gasteiger partial charge in [-0.1, -0.05) is 6.07 Å². The third kappa shape index (κ3) is 6.39. The van der Waals surface area contributed by atoms with Gasteiger partial charge in [-0.25, -0.2) is 5.43 Å². The maximum atomic E-state index is 11.9. The molecule has 0 atom stereocenters. The molecule has 0 saturated heterocycles. The smallest absolute Gasteiger partial charge is 0.240 e. The Morgan fingerprint density at radius 1 is 1.12 bits per heavy atom. The molecule has 0 saturated carbocycles. The fraction of sp³-hybridized carbons (Fsp3) is 0.278. The standard InChI is InChI=1S/C18H21N3O3S/c1-3-24-15-8-6-14(7-9-15)19-17(22)10-11-18(23)21-20-13(2)16-5-4-12-25-16/h4-9,12H,3,10-11H2,1-2H3,(H,19,22)(H,21,23)/b20-13+. The Hall–Kier alpha value is -2.67. The predicted molar refractivity (Wildman–Crippen MR) is 100 cm³/mol. The van der Waals surface area contributed by atoms with E-state index in [9.17, 15) is 9.59 Å². The fourth-order valence-corrected chi connectivity index (χ4v) is 2.67. The van der Waals surface area contributed by atoms with Crippen LogP contribution in [0.4, 0.5) is 5.69 Å². The van der Waals surface area contributed by atoms with Crippen LogP contribution in [0.2, 0.25) is 0 Å². The van der Waals surface area contributed by atoms with Gasteiger partial charge in [0.2, 0.25) is 11.8 Å². The summed E-state index contributed by atoms with van der Waals surface area (Å²) in [5.41, 5.74) is 3.88. The monoisotopic (exact) mass is 359 g/mol. The molecule has 1 aromatic heterocycles. The van der Waals surface area contributed by atoms with Gasteiger partial charge in [-0.15, -0.1) is 11.3 Å². The van der Waals surface area contributed by atoms with Crippen LogP contribution in [0.1, 0.15) is 31.6 Å². The van der Waals surface area contributed by atoms with Crippen LogP contribution in [0.3, 0.4) is 0 Å². The van der Waals surface area contributed by atoms with Gasteiger partial charge in [0, 0.05) is 23.4 Å². The maximum Gasteiger partial charge on any atom is 0.240 e. The minimum atomic E-state index is -0.294. The number of amides is 2. The largest absolute Gasteiger partial charge is 0.494 e. The minimum absolute atomic E-state index is 0.0735. The van der Waals surface area contributed by atoms with Gasteiger partial charge >= 0.3 is 0 Å². The summed E-state index contributed by atoms with van der Waals surface area (Å²) in [7, 11) is 0. The number of hydrazone groups is 1. The van der Waals surface area contributed by atoms with Crippen molar-refractivity contribution in [2.24, 2.45) is 5.10 Å². The molecule has 2 aromatic rings. The molecule has 0 fully saturated rings. The molecule has 0 aliphatic heterocycles. The number of carbonyl (C=O) groups is 2. The first-order chi connectivity index (χ1) is 12.1. The van der Waals surface area contributed by atoms with Crippen molar-refractivity contribution in [3.8, 4) is 5.75 Å². The Balaban J connectivity index is 1.73. The normalized spacial score (nSPS) is 11.0.